The lowest BCUT2D eigenvalue weighted by molar-refractivity contribution is 0.0497. The molecule has 1 fully saturated rings. The molecule has 1 aromatic rings. The van der Waals surface area contributed by atoms with Crippen LogP contribution in [0.3, 0.4) is 0 Å². The van der Waals surface area contributed by atoms with E-state index in [2.05, 4.69) is 43.4 Å². The minimum absolute atomic E-state index is 0.583. The Kier molecular flexibility index (Phi) is 7.04. The maximum atomic E-state index is 5.90. The summed E-state index contributed by atoms with van der Waals surface area (Å²) in [6, 6.07) is 9.18. The molecule has 2 rings (SSSR count). The molecule has 21 heavy (non-hydrogen) atoms. The molecule has 0 bridgehead atoms. The first-order valence-corrected chi connectivity index (χ1v) is 8.30. The van der Waals surface area contributed by atoms with Gasteiger partial charge in [0.2, 0.25) is 0 Å². The molecule has 1 N–H and O–H groups in total. The highest BCUT2D eigenvalue weighted by Gasteiger charge is 2.14. The zero-order chi connectivity index (χ0) is 14.9. The van der Waals surface area contributed by atoms with Crippen LogP contribution in [0.5, 0.6) is 5.75 Å². The smallest absolute Gasteiger partial charge is 0.119 e. The molecular formula is C18H29NO2. The number of ether oxygens (including phenoxy) is 2. The van der Waals surface area contributed by atoms with Crippen LogP contribution in [0.4, 0.5) is 0 Å². The maximum absolute atomic E-state index is 5.90. The van der Waals surface area contributed by atoms with Gasteiger partial charge in [-0.05, 0) is 62.8 Å². The Balaban J connectivity index is 1.71. The molecule has 1 aliphatic rings. The molecule has 0 radical (unpaired) electrons. The molecule has 0 aromatic heterocycles. The van der Waals surface area contributed by atoms with Crippen LogP contribution < -0.4 is 10.1 Å². The third kappa shape index (κ3) is 6.06. The van der Waals surface area contributed by atoms with Crippen molar-refractivity contribution in [1.82, 2.24) is 5.32 Å². The van der Waals surface area contributed by atoms with Crippen LogP contribution in [0.1, 0.15) is 38.7 Å². The van der Waals surface area contributed by atoms with Gasteiger partial charge in [-0.3, -0.25) is 0 Å². The molecule has 1 aliphatic heterocycles. The lowest BCUT2D eigenvalue weighted by atomic mass is 10.0. The summed E-state index contributed by atoms with van der Waals surface area (Å²) in [6.45, 7) is 8.03. The van der Waals surface area contributed by atoms with Gasteiger partial charge >= 0.3 is 0 Å². The van der Waals surface area contributed by atoms with Gasteiger partial charge in [-0.1, -0.05) is 19.1 Å². The van der Waals surface area contributed by atoms with Crippen molar-refractivity contribution in [2.24, 2.45) is 5.92 Å². The van der Waals surface area contributed by atoms with E-state index in [4.69, 9.17) is 9.47 Å². The molecule has 1 saturated heterocycles. The summed E-state index contributed by atoms with van der Waals surface area (Å²) < 4.78 is 11.3. The molecule has 3 heteroatoms. The molecule has 1 atom stereocenters. The number of hydrogen-bond donors (Lipinski definition) is 1. The van der Waals surface area contributed by atoms with Gasteiger partial charge in [0.05, 0.1) is 6.61 Å². The van der Waals surface area contributed by atoms with Gasteiger partial charge in [0.15, 0.2) is 0 Å². The Labute approximate surface area is 129 Å². The number of hydrogen-bond acceptors (Lipinski definition) is 3. The largest absolute Gasteiger partial charge is 0.493 e. The van der Waals surface area contributed by atoms with E-state index in [9.17, 15) is 0 Å². The van der Waals surface area contributed by atoms with Crippen molar-refractivity contribution in [3.63, 3.8) is 0 Å². The summed E-state index contributed by atoms with van der Waals surface area (Å²) in [5.74, 6) is 1.64. The minimum atomic E-state index is 0.583. The van der Waals surface area contributed by atoms with Crippen molar-refractivity contribution in [1.29, 1.82) is 0 Å². The van der Waals surface area contributed by atoms with Gasteiger partial charge in [0, 0.05) is 19.3 Å². The van der Waals surface area contributed by atoms with Crippen LogP contribution in [0.25, 0.3) is 0 Å². The summed E-state index contributed by atoms with van der Waals surface area (Å²) in [4.78, 5) is 0. The van der Waals surface area contributed by atoms with Gasteiger partial charge in [-0.2, -0.15) is 0 Å². The minimum Gasteiger partial charge on any atom is -0.493 e. The van der Waals surface area contributed by atoms with E-state index in [1.165, 1.54) is 12.0 Å². The fourth-order valence-electron chi connectivity index (χ4n) is 2.71. The first kappa shape index (κ1) is 16.3. The zero-order valence-electron chi connectivity index (χ0n) is 13.4. The number of aryl methyl sites for hydroxylation is 1. The topological polar surface area (TPSA) is 30.5 Å². The predicted molar refractivity (Wildman–Crippen MR) is 86.9 cm³/mol. The van der Waals surface area contributed by atoms with E-state index in [0.717, 1.165) is 51.4 Å². The van der Waals surface area contributed by atoms with E-state index in [-0.39, 0.29) is 0 Å². The normalized spacial score (nSPS) is 17.6. The first-order valence-electron chi connectivity index (χ1n) is 8.30. The quantitative estimate of drug-likeness (QED) is 0.796. The third-order valence-electron chi connectivity index (χ3n) is 4.17. The van der Waals surface area contributed by atoms with Crippen LogP contribution in [-0.4, -0.2) is 32.4 Å². The number of benzene rings is 1. The van der Waals surface area contributed by atoms with Crippen molar-refractivity contribution in [3.8, 4) is 5.75 Å². The van der Waals surface area contributed by atoms with Gasteiger partial charge < -0.3 is 14.8 Å². The maximum Gasteiger partial charge on any atom is 0.119 e. The standard InChI is InChI=1S/C18H29NO2/c1-3-19-15(2)4-5-16-6-8-18(9-7-16)21-14-17-10-12-20-13-11-17/h6-9,15,17,19H,3-5,10-14H2,1-2H3. The molecule has 0 aliphatic carbocycles. The van der Waals surface area contributed by atoms with Gasteiger partial charge in [0.1, 0.15) is 5.75 Å². The summed E-state index contributed by atoms with van der Waals surface area (Å²) >= 11 is 0. The molecular weight excluding hydrogens is 262 g/mol. The Morgan fingerprint density at radius 1 is 1.24 bits per heavy atom. The summed E-state index contributed by atoms with van der Waals surface area (Å²) in [5, 5.41) is 3.45. The van der Waals surface area contributed by atoms with Crippen LogP contribution in [0, 0.1) is 5.92 Å². The van der Waals surface area contributed by atoms with Gasteiger partial charge in [0.25, 0.3) is 0 Å². The molecule has 1 heterocycles. The Bertz CT molecular complexity index is 385. The molecule has 1 aromatic carbocycles. The zero-order valence-corrected chi connectivity index (χ0v) is 13.4. The lowest BCUT2D eigenvalue weighted by Crippen LogP contribution is -2.25. The van der Waals surface area contributed by atoms with Gasteiger partial charge in [-0.15, -0.1) is 0 Å². The van der Waals surface area contributed by atoms with Gasteiger partial charge in [-0.25, -0.2) is 0 Å². The second-order valence-corrected chi connectivity index (χ2v) is 6.01. The highest BCUT2D eigenvalue weighted by atomic mass is 16.5. The highest BCUT2D eigenvalue weighted by Crippen LogP contribution is 2.19. The van der Waals surface area contributed by atoms with Crippen LogP contribution in [0.15, 0.2) is 24.3 Å². The summed E-state index contributed by atoms with van der Waals surface area (Å²) in [6.07, 6.45) is 4.55. The number of rotatable bonds is 8. The van der Waals surface area contributed by atoms with Crippen molar-refractivity contribution in [2.75, 3.05) is 26.4 Å². The Morgan fingerprint density at radius 3 is 2.62 bits per heavy atom. The molecule has 0 spiro atoms. The number of nitrogens with one attached hydrogen (secondary N) is 1. The van der Waals surface area contributed by atoms with E-state index >= 15 is 0 Å². The average molecular weight is 291 g/mol. The molecule has 0 amide bonds. The Morgan fingerprint density at radius 2 is 1.95 bits per heavy atom. The van der Waals surface area contributed by atoms with Crippen molar-refractivity contribution < 1.29 is 9.47 Å². The molecule has 118 valence electrons. The van der Waals surface area contributed by atoms with E-state index in [1.807, 2.05) is 0 Å². The van der Waals surface area contributed by atoms with Crippen LogP contribution in [0.2, 0.25) is 0 Å². The summed E-state index contributed by atoms with van der Waals surface area (Å²) in [7, 11) is 0. The predicted octanol–water partition coefficient (Wildman–Crippen LogP) is 3.42. The second kappa shape index (κ2) is 9.06. The van der Waals surface area contributed by atoms with Crippen LogP contribution >= 0.6 is 0 Å². The second-order valence-electron chi connectivity index (χ2n) is 6.01. The lowest BCUT2D eigenvalue weighted by Gasteiger charge is -2.22. The van der Waals surface area contributed by atoms with Crippen molar-refractivity contribution in [2.45, 2.75) is 45.6 Å². The van der Waals surface area contributed by atoms with Crippen molar-refractivity contribution in [3.05, 3.63) is 29.8 Å². The molecule has 0 saturated carbocycles. The van der Waals surface area contributed by atoms with Crippen LogP contribution in [-0.2, 0) is 11.2 Å². The van der Waals surface area contributed by atoms with E-state index in [1.54, 1.807) is 0 Å². The third-order valence-corrected chi connectivity index (χ3v) is 4.17. The summed E-state index contributed by atoms with van der Waals surface area (Å²) in [5.41, 5.74) is 1.39. The fourth-order valence-corrected chi connectivity index (χ4v) is 2.71. The molecule has 3 nitrogen and oxygen atoms in total. The first-order chi connectivity index (χ1) is 10.3. The SMILES string of the molecule is CCNC(C)CCc1ccc(OCC2CCOCC2)cc1. The van der Waals surface area contributed by atoms with E-state index in [0.29, 0.717) is 12.0 Å². The fraction of sp³-hybridized carbons (Fsp3) is 0.667. The monoisotopic (exact) mass is 291 g/mol. The van der Waals surface area contributed by atoms with E-state index < -0.39 is 0 Å². The Hall–Kier alpha value is -1.06. The van der Waals surface area contributed by atoms with Crippen molar-refractivity contribution >= 4 is 0 Å². The molecule has 1 unspecified atom stereocenters. The highest BCUT2D eigenvalue weighted by molar-refractivity contribution is 5.27. The average Bonchev–Trinajstić information content (AvgIpc) is 2.53.